The van der Waals surface area contributed by atoms with Crippen molar-refractivity contribution in [3.8, 4) is 0 Å². The van der Waals surface area contributed by atoms with Gasteiger partial charge in [0.2, 0.25) is 29.6 Å². The number of nitrogens with one attached hydrogen (secondary N) is 5. The zero-order valence-electron chi connectivity index (χ0n) is 42.8. The molecule has 2 aromatic carbocycles. The molecular weight excluding hydrogens is 971 g/mol. The zero-order chi connectivity index (χ0) is 54.4. The van der Waals surface area contributed by atoms with E-state index in [0.29, 0.717) is 36.5 Å². The molecule has 0 spiro atoms. The smallest absolute Gasteiger partial charge is 0.329 e. The van der Waals surface area contributed by atoms with Gasteiger partial charge in [0.15, 0.2) is 17.0 Å². The summed E-state index contributed by atoms with van der Waals surface area (Å²) < 4.78 is 10.5. The van der Waals surface area contributed by atoms with E-state index in [4.69, 9.17) is 20.9 Å². The predicted molar refractivity (Wildman–Crippen MR) is 274 cm³/mol. The van der Waals surface area contributed by atoms with Crippen molar-refractivity contribution in [2.75, 3.05) is 48.9 Å². The number of esters is 2. The summed E-state index contributed by atoms with van der Waals surface area (Å²) in [5, 5.41) is 13.6. The average Bonchev–Trinajstić information content (AvgIpc) is 3.63. The molecule has 3 unspecified atom stereocenters. The van der Waals surface area contributed by atoms with Crippen molar-refractivity contribution < 1.29 is 52.6 Å². The molecule has 9 N–H and O–H groups in total. The molecule has 2 aliphatic heterocycles. The molecule has 3 atom stereocenters. The van der Waals surface area contributed by atoms with Gasteiger partial charge in [-0.1, -0.05) is 31.7 Å². The summed E-state index contributed by atoms with van der Waals surface area (Å²) in [6.07, 6.45) is 6.24. The average molecular weight is 1040 g/mol. The van der Waals surface area contributed by atoms with E-state index in [2.05, 4.69) is 46.5 Å². The number of hydrogen-bond acceptors (Lipinski definition) is 19. The number of hydrogen-bond donors (Lipinski definition) is 7. The number of fused-ring (bicyclic) bond motifs is 2. The Kier molecular flexibility index (Phi) is 19.1. The molecule has 24 heteroatoms. The number of imide groups is 2. The first-order chi connectivity index (χ1) is 35.7. The minimum atomic E-state index is -1.23. The number of amides is 7. The molecule has 400 valence electrons. The van der Waals surface area contributed by atoms with Gasteiger partial charge in [-0.2, -0.15) is 9.97 Å². The molecule has 1 fully saturated rings. The fraction of sp³-hybridized carbons (Fsp3) is 0.471. The van der Waals surface area contributed by atoms with Crippen molar-refractivity contribution >= 4 is 87.6 Å². The van der Waals surface area contributed by atoms with E-state index in [-0.39, 0.29) is 78.5 Å². The Balaban J connectivity index is 0.884. The number of ether oxygens (including phenoxy) is 2. The van der Waals surface area contributed by atoms with Crippen molar-refractivity contribution in [1.29, 1.82) is 0 Å². The van der Waals surface area contributed by atoms with Crippen molar-refractivity contribution in [2.24, 2.45) is 0 Å². The molecule has 2 aliphatic rings. The van der Waals surface area contributed by atoms with Crippen LogP contribution in [0.5, 0.6) is 0 Å². The molecule has 0 radical (unpaired) electrons. The summed E-state index contributed by atoms with van der Waals surface area (Å²) in [5.41, 5.74) is 13.8. The van der Waals surface area contributed by atoms with Crippen LogP contribution in [0.1, 0.15) is 135 Å². The number of nitrogens with zero attached hydrogens (tertiary/aromatic N) is 6. The van der Waals surface area contributed by atoms with Gasteiger partial charge in [0.25, 0.3) is 17.7 Å². The van der Waals surface area contributed by atoms with Crippen LogP contribution >= 0.6 is 0 Å². The standard InChI is InChI=1S/C51H65N13O11/c1-51(2,3)75-49(73)35(59-44(68)29-15-17-31(18-16-29)63(4)28-30-27-56-43-41(57-30)42(52)61-50(53)62-43)20-23-38(66)58-34(48(72)74-5)19-22-37(65)55-26-11-9-7-6-8-10-25-54-33-14-12-13-32-40(33)47(71)64(46(32)70)36-21-24-39(67)60-45(36)69/h12-18,27,34-36,54H,6-11,19-26,28H2,1-5H3,(H,55,65)(H,58,66)(H,59,68)(H,60,67,69)(H4,52,53,56,61,62). The molecule has 0 bridgehead atoms. The highest BCUT2D eigenvalue weighted by molar-refractivity contribution is 6.25. The van der Waals surface area contributed by atoms with E-state index in [1.54, 1.807) is 69.4 Å². The van der Waals surface area contributed by atoms with Crippen LogP contribution in [-0.2, 0) is 44.8 Å². The third kappa shape index (κ3) is 15.4. The molecule has 1 saturated heterocycles. The van der Waals surface area contributed by atoms with Gasteiger partial charge >= 0.3 is 11.9 Å². The number of benzene rings is 2. The van der Waals surface area contributed by atoms with Gasteiger partial charge in [0.05, 0.1) is 36.7 Å². The molecule has 0 aliphatic carbocycles. The number of carbonyl (C=O) groups is 9. The lowest BCUT2D eigenvalue weighted by Gasteiger charge is -2.27. The molecule has 4 heterocycles. The summed E-state index contributed by atoms with van der Waals surface area (Å²) in [5.74, 6) is -5.13. The van der Waals surface area contributed by atoms with E-state index in [9.17, 15) is 43.2 Å². The summed E-state index contributed by atoms with van der Waals surface area (Å²) >= 11 is 0. The minimum absolute atomic E-state index is 0.00810. The Hall–Kier alpha value is -8.31. The maximum Gasteiger partial charge on any atom is 0.329 e. The fourth-order valence-corrected chi connectivity index (χ4v) is 8.49. The SMILES string of the molecule is COC(=O)C(CCC(=O)NCCCCCCCCNc1cccc2c1C(=O)N(C1CCC(=O)NC1=O)C2=O)NC(=O)CCC(NC(=O)c1ccc(N(C)Cc2cnc3nc(N)nc(N)c3n2)cc1)C(=O)OC(C)(C)C. The number of anilines is 4. The Bertz CT molecular complexity index is 2800. The van der Waals surface area contributed by atoms with Crippen LogP contribution in [0.25, 0.3) is 11.2 Å². The van der Waals surface area contributed by atoms with Gasteiger partial charge in [-0.15, -0.1) is 0 Å². The molecule has 4 aromatic rings. The van der Waals surface area contributed by atoms with Gasteiger partial charge < -0.3 is 47.1 Å². The Morgan fingerprint density at radius 1 is 0.827 bits per heavy atom. The Labute approximate surface area is 433 Å². The van der Waals surface area contributed by atoms with Crippen molar-refractivity contribution in [2.45, 2.75) is 128 Å². The number of nitrogen functional groups attached to an aromatic ring is 2. The zero-order valence-corrected chi connectivity index (χ0v) is 42.8. The van der Waals surface area contributed by atoms with E-state index < -0.39 is 71.1 Å². The molecule has 7 amide bonds. The first-order valence-corrected chi connectivity index (χ1v) is 24.8. The quantitative estimate of drug-likeness (QED) is 0.0285. The van der Waals surface area contributed by atoms with Gasteiger partial charge in [0.1, 0.15) is 23.7 Å². The van der Waals surface area contributed by atoms with E-state index >= 15 is 0 Å². The van der Waals surface area contributed by atoms with Crippen molar-refractivity contribution in [3.63, 3.8) is 0 Å². The van der Waals surface area contributed by atoms with E-state index in [1.807, 2.05) is 11.9 Å². The predicted octanol–water partition coefficient (Wildman–Crippen LogP) is 2.85. The summed E-state index contributed by atoms with van der Waals surface area (Å²) in [6, 6.07) is 8.14. The number of piperidine rings is 1. The second kappa shape index (κ2) is 25.6. The van der Waals surface area contributed by atoms with Gasteiger partial charge in [-0.05, 0) is 89.3 Å². The van der Waals surface area contributed by atoms with E-state index in [1.165, 1.54) is 7.11 Å². The summed E-state index contributed by atoms with van der Waals surface area (Å²) in [6.45, 7) is 6.32. The first-order valence-electron chi connectivity index (χ1n) is 24.8. The number of nitrogens with two attached hydrogens (primary N) is 2. The fourth-order valence-electron chi connectivity index (χ4n) is 8.49. The monoisotopic (exact) mass is 1040 g/mol. The normalized spacial score (nSPS) is 15.1. The van der Waals surface area contributed by atoms with Crippen LogP contribution in [0.15, 0.2) is 48.7 Å². The molecule has 2 aromatic heterocycles. The molecule has 6 rings (SSSR count). The van der Waals surface area contributed by atoms with Crippen LogP contribution in [0.2, 0.25) is 0 Å². The lowest BCUT2D eigenvalue weighted by Crippen LogP contribution is -2.54. The summed E-state index contributed by atoms with van der Waals surface area (Å²) in [4.78, 5) is 135. The Morgan fingerprint density at radius 2 is 1.49 bits per heavy atom. The molecular formula is C51H65N13O11. The van der Waals surface area contributed by atoms with Crippen LogP contribution in [0.3, 0.4) is 0 Å². The largest absolute Gasteiger partial charge is 0.467 e. The maximum absolute atomic E-state index is 13.5. The summed E-state index contributed by atoms with van der Waals surface area (Å²) in [7, 11) is 2.99. The second-order valence-electron chi connectivity index (χ2n) is 19.3. The maximum atomic E-state index is 13.5. The van der Waals surface area contributed by atoms with Crippen molar-refractivity contribution in [1.82, 2.24) is 46.1 Å². The van der Waals surface area contributed by atoms with Crippen molar-refractivity contribution in [3.05, 3.63) is 71.0 Å². The number of rotatable bonds is 25. The highest BCUT2D eigenvalue weighted by Gasteiger charge is 2.45. The molecule has 24 nitrogen and oxygen atoms in total. The highest BCUT2D eigenvalue weighted by atomic mass is 16.6. The number of unbranched alkanes of at least 4 members (excludes halogenated alkanes) is 5. The van der Waals surface area contributed by atoms with Crippen LogP contribution in [0.4, 0.5) is 23.1 Å². The van der Waals surface area contributed by atoms with Crippen LogP contribution in [0, 0.1) is 0 Å². The van der Waals surface area contributed by atoms with Gasteiger partial charge in [-0.3, -0.25) is 43.8 Å². The lowest BCUT2D eigenvalue weighted by atomic mass is 10.0. The highest BCUT2D eigenvalue weighted by Crippen LogP contribution is 2.32. The minimum Gasteiger partial charge on any atom is -0.467 e. The first kappa shape index (κ1) is 56.0. The van der Waals surface area contributed by atoms with Crippen LogP contribution in [-0.4, -0.2) is 129 Å². The second-order valence-corrected chi connectivity index (χ2v) is 19.3. The van der Waals surface area contributed by atoms with E-state index in [0.717, 1.165) is 49.1 Å². The Morgan fingerprint density at radius 3 is 2.17 bits per heavy atom. The third-order valence-corrected chi connectivity index (χ3v) is 12.3. The third-order valence-electron chi connectivity index (χ3n) is 12.3. The molecule has 0 saturated carbocycles. The van der Waals surface area contributed by atoms with Gasteiger partial charge in [-0.25, -0.2) is 19.6 Å². The topological polar surface area (TPSA) is 342 Å². The number of methoxy groups -OCH3 is 1. The number of aromatic nitrogens is 4. The lowest BCUT2D eigenvalue weighted by molar-refractivity contribution is -0.157. The number of carbonyl (C=O) groups excluding carboxylic acids is 9. The molecule has 75 heavy (non-hydrogen) atoms. The van der Waals surface area contributed by atoms with Crippen LogP contribution < -0.4 is 43.0 Å². The van der Waals surface area contributed by atoms with Gasteiger partial charge in [0, 0.05) is 56.3 Å².